The van der Waals surface area contributed by atoms with Crippen LogP contribution >= 0.6 is 0 Å². The van der Waals surface area contributed by atoms with Crippen molar-refractivity contribution < 1.29 is 14.6 Å². The number of methoxy groups -OCH3 is 1. The van der Waals surface area contributed by atoms with Crippen LogP contribution in [0, 0.1) is 0 Å². The summed E-state index contributed by atoms with van der Waals surface area (Å²) < 4.78 is 4.59. The van der Waals surface area contributed by atoms with Gasteiger partial charge in [0.05, 0.1) is 6.10 Å². The summed E-state index contributed by atoms with van der Waals surface area (Å²) in [6, 6.07) is 0. The smallest absolute Gasteiger partial charge is 0.161 e. The molecule has 1 N–H and O–H groups in total. The van der Waals surface area contributed by atoms with E-state index in [9.17, 15) is 4.79 Å². The molecule has 0 aromatic carbocycles. The third-order valence-corrected chi connectivity index (χ3v) is 1.24. The van der Waals surface area contributed by atoms with Crippen molar-refractivity contribution in [1.29, 1.82) is 0 Å². The molecule has 1 atom stereocenters. The molecule has 0 spiro atoms. The molecule has 0 aromatic heterocycles. The van der Waals surface area contributed by atoms with Gasteiger partial charge in [0.2, 0.25) is 0 Å². The number of ether oxygens (including phenoxy) is 1. The van der Waals surface area contributed by atoms with E-state index < -0.39 is 6.10 Å². The Hall–Kier alpha value is -0.410. The number of hydrogen-bond donors (Lipinski definition) is 1. The van der Waals surface area contributed by atoms with E-state index in [4.69, 9.17) is 5.11 Å². The van der Waals surface area contributed by atoms with E-state index in [0.717, 1.165) is 0 Å². The van der Waals surface area contributed by atoms with Crippen LogP contribution in [0.25, 0.3) is 0 Å². The van der Waals surface area contributed by atoms with Crippen LogP contribution < -0.4 is 0 Å². The quantitative estimate of drug-likeness (QED) is 0.609. The fraction of sp³-hybridized carbons (Fsp3) is 0.857. The van der Waals surface area contributed by atoms with E-state index in [2.05, 4.69) is 4.74 Å². The van der Waals surface area contributed by atoms with Gasteiger partial charge in [-0.1, -0.05) is 6.92 Å². The molecule has 10 heavy (non-hydrogen) atoms. The number of hydrogen-bond acceptors (Lipinski definition) is 3. The maximum absolute atomic E-state index is 10.7. The molecule has 0 heterocycles. The summed E-state index contributed by atoms with van der Waals surface area (Å²) in [6.45, 7) is 1.95. The molecule has 0 radical (unpaired) electrons. The minimum absolute atomic E-state index is 0.0446. The molecule has 3 nitrogen and oxygen atoms in total. The van der Waals surface area contributed by atoms with Gasteiger partial charge >= 0.3 is 0 Å². The molecule has 60 valence electrons. The highest BCUT2D eigenvalue weighted by molar-refractivity contribution is 5.80. The number of carbonyl (C=O) groups excluding carboxylic acids is 1. The Balaban J connectivity index is 3.37. The van der Waals surface area contributed by atoms with Gasteiger partial charge in [-0.15, -0.1) is 0 Å². The zero-order valence-electron chi connectivity index (χ0n) is 6.46. The van der Waals surface area contributed by atoms with Crippen LogP contribution in [0.2, 0.25) is 0 Å². The van der Waals surface area contributed by atoms with E-state index in [1.54, 1.807) is 0 Å². The van der Waals surface area contributed by atoms with Gasteiger partial charge in [0.1, 0.15) is 6.61 Å². The second-order valence-electron chi connectivity index (χ2n) is 2.24. The Kier molecular flexibility index (Phi) is 5.16. The molecule has 0 rings (SSSR count). The van der Waals surface area contributed by atoms with Crippen molar-refractivity contribution in [3.63, 3.8) is 0 Å². The molecule has 0 aliphatic carbocycles. The van der Waals surface area contributed by atoms with Crippen LogP contribution in [-0.4, -0.2) is 30.7 Å². The number of ketones is 1. The summed E-state index contributed by atoms with van der Waals surface area (Å²) in [4.78, 5) is 10.7. The van der Waals surface area contributed by atoms with E-state index in [0.29, 0.717) is 6.42 Å². The molecule has 1 unspecified atom stereocenters. The van der Waals surface area contributed by atoms with E-state index >= 15 is 0 Å². The fourth-order valence-electron chi connectivity index (χ4n) is 0.627. The molecular formula is C7H14O3. The average Bonchev–Trinajstić information content (AvgIpc) is 1.88. The summed E-state index contributed by atoms with van der Waals surface area (Å²) in [5, 5.41) is 8.98. The molecule has 0 saturated heterocycles. The molecule has 0 aliphatic heterocycles. The molecule has 0 saturated carbocycles. The van der Waals surface area contributed by atoms with Crippen molar-refractivity contribution >= 4 is 5.78 Å². The van der Waals surface area contributed by atoms with Gasteiger partial charge in [-0.25, -0.2) is 0 Å². The van der Waals surface area contributed by atoms with Gasteiger partial charge in [-0.05, 0) is 6.42 Å². The predicted octanol–water partition coefficient (Wildman–Crippen LogP) is 0.363. The molecule has 0 bridgehead atoms. The summed E-state index contributed by atoms with van der Waals surface area (Å²) in [6.07, 6.45) is 0.336. The van der Waals surface area contributed by atoms with Crippen molar-refractivity contribution in [2.75, 3.05) is 13.7 Å². The first-order valence-corrected chi connectivity index (χ1v) is 3.39. The number of aliphatic hydroxyl groups excluding tert-OH is 1. The number of Topliss-reactive ketones (excluding diaryl/α,β-unsaturated/α-hetero) is 1. The maximum atomic E-state index is 10.7. The lowest BCUT2D eigenvalue weighted by atomic mass is 10.1. The van der Waals surface area contributed by atoms with Crippen molar-refractivity contribution in [1.82, 2.24) is 0 Å². The van der Waals surface area contributed by atoms with Crippen molar-refractivity contribution in [2.45, 2.75) is 25.9 Å². The van der Waals surface area contributed by atoms with Crippen LogP contribution in [0.3, 0.4) is 0 Å². The van der Waals surface area contributed by atoms with E-state index in [1.165, 1.54) is 7.11 Å². The average molecular weight is 146 g/mol. The largest absolute Gasteiger partial charge is 0.393 e. The lowest BCUT2D eigenvalue weighted by Gasteiger charge is -2.04. The van der Waals surface area contributed by atoms with Gasteiger partial charge in [0, 0.05) is 13.5 Å². The van der Waals surface area contributed by atoms with Gasteiger partial charge in [-0.2, -0.15) is 0 Å². The highest BCUT2D eigenvalue weighted by atomic mass is 16.5. The third kappa shape index (κ3) is 4.47. The second-order valence-corrected chi connectivity index (χ2v) is 2.24. The van der Waals surface area contributed by atoms with Gasteiger partial charge in [0.25, 0.3) is 0 Å². The maximum Gasteiger partial charge on any atom is 0.161 e. The lowest BCUT2D eigenvalue weighted by molar-refractivity contribution is -0.124. The first kappa shape index (κ1) is 9.59. The SMILES string of the molecule is CCC(O)CC(=O)COC. The molecular weight excluding hydrogens is 132 g/mol. The summed E-state index contributed by atoms with van der Waals surface area (Å²) in [5.41, 5.74) is 0. The molecule has 3 heteroatoms. The van der Waals surface area contributed by atoms with Gasteiger partial charge in [0.15, 0.2) is 5.78 Å². The standard InChI is InChI=1S/C7H14O3/c1-3-6(8)4-7(9)5-10-2/h6,8H,3-5H2,1-2H3. The predicted molar refractivity (Wildman–Crippen MR) is 37.8 cm³/mol. The monoisotopic (exact) mass is 146 g/mol. The van der Waals surface area contributed by atoms with Gasteiger partial charge in [-0.3, -0.25) is 4.79 Å². The first-order valence-electron chi connectivity index (χ1n) is 3.39. The van der Waals surface area contributed by atoms with Crippen LogP contribution in [0.5, 0.6) is 0 Å². The first-order chi connectivity index (χ1) is 4.70. The normalized spacial score (nSPS) is 13.1. The zero-order chi connectivity index (χ0) is 7.98. The van der Waals surface area contributed by atoms with Crippen molar-refractivity contribution in [3.8, 4) is 0 Å². The summed E-state index contributed by atoms with van der Waals surface area (Å²) in [5.74, 6) is -0.0446. The van der Waals surface area contributed by atoms with Crippen LogP contribution in [0.1, 0.15) is 19.8 Å². The molecule has 0 fully saturated rings. The van der Waals surface area contributed by atoms with Crippen LogP contribution in [0.4, 0.5) is 0 Å². The highest BCUT2D eigenvalue weighted by Gasteiger charge is 2.07. The van der Waals surface area contributed by atoms with Crippen molar-refractivity contribution in [3.05, 3.63) is 0 Å². The Morgan fingerprint density at radius 2 is 2.30 bits per heavy atom. The minimum atomic E-state index is -0.498. The molecule has 0 aliphatic rings. The van der Waals surface area contributed by atoms with E-state index in [1.807, 2.05) is 6.92 Å². The lowest BCUT2D eigenvalue weighted by Crippen LogP contribution is -2.15. The van der Waals surface area contributed by atoms with Gasteiger partial charge < -0.3 is 9.84 Å². The highest BCUT2D eigenvalue weighted by Crippen LogP contribution is 1.97. The Morgan fingerprint density at radius 1 is 1.70 bits per heavy atom. The second kappa shape index (κ2) is 5.38. The topological polar surface area (TPSA) is 46.5 Å². The third-order valence-electron chi connectivity index (χ3n) is 1.24. The molecule has 0 amide bonds. The Bertz CT molecular complexity index is 101. The minimum Gasteiger partial charge on any atom is -0.393 e. The number of rotatable bonds is 5. The Labute approximate surface area is 61.0 Å². The number of aliphatic hydroxyl groups is 1. The fourth-order valence-corrected chi connectivity index (χ4v) is 0.627. The van der Waals surface area contributed by atoms with E-state index in [-0.39, 0.29) is 18.8 Å². The summed E-state index contributed by atoms with van der Waals surface area (Å²) in [7, 11) is 1.47. The zero-order valence-corrected chi connectivity index (χ0v) is 6.46. The van der Waals surface area contributed by atoms with Crippen molar-refractivity contribution in [2.24, 2.45) is 0 Å². The molecule has 0 aromatic rings. The van der Waals surface area contributed by atoms with Crippen LogP contribution in [-0.2, 0) is 9.53 Å². The number of carbonyl (C=O) groups is 1. The summed E-state index contributed by atoms with van der Waals surface area (Å²) >= 11 is 0. The van der Waals surface area contributed by atoms with Crippen LogP contribution in [0.15, 0.2) is 0 Å². The Morgan fingerprint density at radius 3 is 2.70 bits per heavy atom.